The minimum absolute atomic E-state index is 0.115. The standard InChI is InChI=1S/C11H16N2O3/c12-11(16)9-3-1-8(2-4-9)5-13-10(6-14)7-15/h1-4,10,13-15H,5-7H2,(H2,12,16). The summed E-state index contributed by atoms with van der Waals surface area (Å²) in [7, 11) is 0. The van der Waals surface area contributed by atoms with E-state index < -0.39 is 5.91 Å². The van der Waals surface area contributed by atoms with Crippen LogP contribution in [-0.4, -0.2) is 35.4 Å². The average Bonchev–Trinajstić information content (AvgIpc) is 2.31. The summed E-state index contributed by atoms with van der Waals surface area (Å²) in [5.74, 6) is -0.455. The van der Waals surface area contributed by atoms with E-state index in [9.17, 15) is 4.79 Å². The number of carbonyl (C=O) groups is 1. The van der Waals surface area contributed by atoms with Crippen molar-refractivity contribution in [1.29, 1.82) is 0 Å². The van der Waals surface area contributed by atoms with Crippen LogP contribution in [0.25, 0.3) is 0 Å². The van der Waals surface area contributed by atoms with Gasteiger partial charge in [-0.3, -0.25) is 4.79 Å². The highest BCUT2D eigenvalue weighted by atomic mass is 16.3. The number of amides is 1. The molecule has 0 unspecified atom stereocenters. The van der Waals surface area contributed by atoms with Gasteiger partial charge in [0.05, 0.1) is 19.3 Å². The van der Waals surface area contributed by atoms with E-state index in [1.165, 1.54) is 0 Å². The van der Waals surface area contributed by atoms with Crippen molar-refractivity contribution < 1.29 is 15.0 Å². The number of hydrogen-bond donors (Lipinski definition) is 4. The lowest BCUT2D eigenvalue weighted by Crippen LogP contribution is -2.35. The van der Waals surface area contributed by atoms with Gasteiger partial charge in [0.1, 0.15) is 0 Å². The number of rotatable bonds is 6. The fourth-order valence-corrected chi connectivity index (χ4v) is 1.24. The maximum Gasteiger partial charge on any atom is 0.248 e. The Hall–Kier alpha value is -1.43. The molecule has 0 aliphatic heterocycles. The molecule has 0 spiro atoms. The van der Waals surface area contributed by atoms with Crippen molar-refractivity contribution in [2.24, 2.45) is 5.73 Å². The summed E-state index contributed by atoms with van der Waals surface area (Å²) in [6.07, 6.45) is 0. The predicted octanol–water partition coefficient (Wildman–Crippen LogP) is -0.772. The Morgan fingerprint density at radius 3 is 2.25 bits per heavy atom. The van der Waals surface area contributed by atoms with Crippen LogP contribution in [0.2, 0.25) is 0 Å². The molecule has 0 aliphatic carbocycles. The first-order valence-electron chi connectivity index (χ1n) is 5.01. The zero-order valence-corrected chi connectivity index (χ0v) is 8.89. The Morgan fingerprint density at radius 1 is 1.25 bits per heavy atom. The molecule has 0 heterocycles. The maximum atomic E-state index is 10.8. The molecule has 0 aliphatic rings. The van der Waals surface area contributed by atoms with Crippen LogP contribution in [-0.2, 0) is 6.54 Å². The highest BCUT2D eigenvalue weighted by molar-refractivity contribution is 5.92. The number of benzene rings is 1. The van der Waals surface area contributed by atoms with Crippen LogP contribution in [0.5, 0.6) is 0 Å². The van der Waals surface area contributed by atoms with Crippen molar-refractivity contribution in [2.75, 3.05) is 13.2 Å². The van der Waals surface area contributed by atoms with Crippen LogP contribution in [0.4, 0.5) is 0 Å². The molecule has 5 nitrogen and oxygen atoms in total. The fraction of sp³-hybridized carbons (Fsp3) is 0.364. The molecule has 1 aromatic rings. The van der Waals surface area contributed by atoms with Crippen molar-refractivity contribution in [3.63, 3.8) is 0 Å². The lowest BCUT2D eigenvalue weighted by Gasteiger charge is -2.13. The molecule has 0 radical (unpaired) electrons. The highest BCUT2D eigenvalue weighted by Crippen LogP contribution is 2.03. The molecule has 1 aromatic carbocycles. The van der Waals surface area contributed by atoms with E-state index in [4.69, 9.17) is 15.9 Å². The third-order valence-corrected chi connectivity index (χ3v) is 2.27. The van der Waals surface area contributed by atoms with Crippen molar-refractivity contribution in [2.45, 2.75) is 12.6 Å². The third kappa shape index (κ3) is 3.62. The minimum Gasteiger partial charge on any atom is -0.395 e. The second kappa shape index (κ2) is 6.22. The van der Waals surface area contributed by atoms with Crippen molar-refractivity contribution >= 4 is 5.91 Å². The van der Waals surface area contributed by atoms with Crippen LogP contribution < -0.4 is 11.1 Å². The van der Waals surface area contributed by atoms with E-state index in [0.29, 0.717) is 12.1 Å². The zero-order chi connectivity index (χ0) is 12.0. The van der Waals surface area contributed by atoms with Gasteiger partial charge in [0.25, 0.3) is 0 Å². The van der Waals surface area contributed by atoms with Gasteiger partial charge in [-0.2, -0.15) is 0 Å². The Balaban J connectivity index is 2.52. The van der Waals surface area contributed by atoms with Gasteiger partial charge in [-0.05, 0) is 17.7 Å². The summed E-state index contributed by atoms with van der Waals surface area (Å²) in [5.41, 5.74) is 6.53. The average molecular weight is 224 g/mol. The predicted molar refractivity (Wildman–Crippen MR) is 59.8 cm³/mol. The van der Waals surface area contributed by atoms with Gasteiger partial charge in [-0.15, -0.1) is 0 Å². The summed E-state index contributed by atoms with van der Waals surface area (Å²) in [6.45, 7) is 0.288. The van der Waals surface area contributed by atoms with E-state index >= 15 is 0 Å². The molecule has 1 rings (SSSR count). The maximum absolute atomic E-state index is 10.8. The van der Waals surface area contributed by atoms with Crippen LogP contribution >= 0.6 is 0 Å². The monoisotopic (exact) mass is 224 g/mol. The normalized spacial score (nSPS) is 10.7. The number of primary amides is 1. The quantitative estimate of drug-likeness (QED) is 0.510. The molecule has 0 saturated carbocycles. The largest absolute Gasteiger partial charge is 0.395 e. The van der Waals surface area contributed by atoms with Gasteiger partial charge in [-0.25, -0.2) is 0 Å². The fourth-order valence-electron chi connectivity index (χ4n) is 1.24. The third-order valence-electron chi connectivity index (χ3n) is 2.27. The van der Waals surface area contributed by atoms with Gasteiger partial charge >= 0.3 is 0 Å². The lowest BCUT2D eigenvalue weighted by molar-refractivity contribution is 0.100. The molecule has 0 atom stereocenters. The molecule has 0 bridgehead atoms. The van der Waals surface area contributed by atoms with Gasteiger partial charge in [0, 0.05) is 12.1 Å². The second-order valence-electron chi connectivity index (χ2n) is 3.50. The molecular weight excluding hydrogens is 208 g/mol. The molecular formula is C11H16N2O3. The van der Waals surface area contributed by atoms with Crippen LogP contribution in [0.3, 0.4) is 0 Å². The first kappa shape index (κ1) is 12.6. The summed E-state index contributed by atoms with van der Waals surface area (Å²) >= 11 is 0. The minimum atomic E-state index is -0.455. The molecule has 0 aromatic heterocycles. The number of hydrogen-bond acceptors (Lipinski definition) is 4. The van der Waals surface area contributed by atoms with Crippen LogP contribution in [0.1, 0.15) is 15.9 Å². The van der Waals surface area contributed by atoms with Crippen LogP contribution in [0.15, 0.2) is 24.3 Å². The summed E-state index contributed by atoms with van der Waals surface area (Å²) < 4.78 is 0. The molecule has 0 fully saturated rings. The smallest absolute Gasteiger partial charge is 0.248 e. The number of nitrogens with two attached hydrogens (primary N) is 1. The first-order valence-corrected chi connectivity index (χ1v) is 5.01. The zero-order valence-electron chi connectivity index (χ0n) is 8.89. The molecule has 16 heavy (non-hydrogen) atoms. The number of carbonyl (C=O) groups excluding carboxylic acids is 1. The van der Waals surface area contributed by atoms with Gasteiger partial charge in [0.2, 0.25) is 5.91 Å². The van der Waals surface area contributed by atoms with Crippen molar-refractivity contribution in [3.05, 3.63) is 35.4 Å². The molecule has 1 amide bonds. The molecule has 5 heteroatoms. The van der Waals surface area contributed by atoms with Crippen molar-refractivity contribution in [1.82, 2.24) is 5.32 Å². The lowest BCUT2D eigenvalue weighted by atomic mass is 10.1. The molecule has 5 N–H and O–H groups in total. The van der Waals surface area contributed by atoms with E-state index in [1.54, 1.807) is 24.3 Å². The Kier molecular flexibility index (Phi) is 4.91. The first-order chi connectivity index (χ1) is 7.67. The van der Waals surface area contributed by atoms with E-state index in [-0.39, 0.29) is 19.3 Å². The molecule has 0 saturated heterocycles. The van der Waals surface area contributed by atoms with E-state index in [2.05, 4.69) is 5.32 Å². The van der Waals surface area contributed by atoms with E-state index in [0.717, 1.165) is 5.56 Å². The van der Waals surface area contributed by atoms with Crippen LogP contribution in [0, 0.1) is 0 Å². The Labute approximate surface area is 93.9 Å². The topological polar surface area (TPSA) is 95.6 Å². The highest BCUT2D eigenvalue weighted by Gasteiger charge is 2.04. The van der Waals surface area contributed by atoms with Gasteiger partial charge < -0.3 is 21.3 Å². The van der Waals surface area contributed by atoms with Crippen molar-refractivity contribution in [3.8, 4) is 0 Å². The second-order valence-corrected chi connectivity index (χ2v) is 3.50. The Morgan fingerprint density at radius 2 is 1.81 bits per heavy atom. The number of aliphatic hydroxyl groups is 2. The summed E-state index contributed by atoms with van der Waals surface area (Å²) in [6, 6.07) is 6.52. The van der Waals surface area contributed by atoms with Gasteiger partial charge in [-0.1, -0.05) is 12.1 Å². The summed E-state index contributed by atoms with van der Waals surface area (Å²) in [5, 5.41) is 20.6. The number of nitrogens with one attached hydrogen (secondary N) is 1. The van der Waals surface area contributed by atoms with Gasteiger partial charge in [0.15, 0.2) is 0 Å². The Bertz CT molecular complexity index is 334. The van der Waals surface area contributed by atoms with E-state index in [1.807, 2.05) is 0 Å². The summed E-state index contributed by atoms with van der Waals surface area (Å²) in [4.78, 5) is 10.8. The molecule has 88 valence electrons. The SMILES string of the molecule is NC(=O)c1ccc(CNC(CO)CO)cc1. The number of aliphatic hydroxyl groups excluding tert-OH is 2.